The van der Waals surface area contributed by atoms with Crippen molar-refractivity contribution in [2.24, 2.45) is 0 Å². The maximum atomic E-state index is 5.04. The van der Waals surface area contributed by atoms with Crippen LogP contribution in [0.5, 0.6) is 0 Å². The monoisotopic (exact) mass is 307 g/mol. The van der Waals surface area contributed by atoms with Crippen LogP contribution in [0.25, 0.3) is 0 Å². The standard InChI is InChI=1S/C17H29N3S/c1-3-11-18-14-9-7-10-15-16(14)21-17(19-15)20-12-6-5-8-13(20)4-2/h13-14,18H,3-12H2,1-2H3. The Bertz CT molecular complexity index is 457. The Balaban J connectivity index is 1.80. The average molecular weight is 308 g/mol. The predicted molar refractivity (Wildman–Crippen MR) is 91.4 cm³/mol. The maximum absolute atomic E-state index is 5.04. The van der Waals surface area contributed by atoms with Crippen molar-refractivity contribution in [1.29, 1.82) is 0 Å². The molecule has 0 saturated carbocycles. The third-order valence-electron chi connectivity index (χ3n) is 4.92. The van der Waals surface area contributed by atoms with Crippen molar-refractivity contribution in [3.8, 4) is 0 Å². The molecular weight excluding hydrogens is 278 g/mol. The zero-order valence-electron chi connectivity index (χ0n) is 13.5. The minimum atomic E-state index is 0.560. The number of aromatic nitrogens is 1. The molecule has 1 aromatic heterocycles. The lowest BCUT2D eigenvalue weighted by Crippen LogP contribution is -2.39. The van der Waals surface area contributed by atoms with E-state index in [1.807, 2.05) is 11.3 Å². The zero-order chi connectivity index (χ0) is 14.7. The lowest BCUT2D eigenvalue weighted by molar-refractivity contribution is 0.448. The highest BCUT2D eigenvalue weighted by Gasteiger charge is 2.28. The first-order chi connectivity index (χ1) is 10.3. The lowest BCUT2D eigenvalue weighted by atomic mass is 9.98. The van der Waals surface area contributed by atoms with Gasteiger partial charge in [-0.25, -0.2) is 4.98 Å². The molecule has 1 aromatic rings. The molecule has 2 aliphatic rings. The third kappa shape index (κ3) is 3.26. The van der Waals surface area contributed by atoms with Gasteiger partial charge in [-0.15, -0.1) is 0 Å². The van der Waals surface area contributed by atoms with E-state index >= 15 is 0 Å². The van der Waals surface area contributed by atoms with E-state index in [0.29, 0.717) is 12.1 Å². The number of nitrogens with zero attached hydrogens (tertiary/aromatic N) is 2. The summed E-state index contributed by atoms with van der Waals surface area (Å²) in [6.45, 7) is 6.90. The lowest BCUT2D eigenvalue weighted by Gasteiger charge is -2.35. The topological polar surface area (TPSA) is 28.2 Å². The molecule has 3 rings (SSSR count). The van der Waals surface area contributed by atoms with Crippen LogP contribution in [0.2, 0.25) is 0 Å². The fraction of sp³-hybridized carbons (Fsp3) is 0.824. The van der Waals surface area contributed by atoms with Crippen molar-refractivity contribution < 1.29 is 0 Å². The molecule has 1 aliphatic heterocycles. The first-order valence-electron chi connectivity index (χ1n) is 8.83. The number of anilines is 1. The molecule has 1 saturated heterocycles. The molecule has 0 spiro atoms. The van der Waals surface area contributed by atoms with Gasteiger partial charge in [-0.05, 0) is 57.9 Å². The SMILES string of the molecule is CCCNC1CCCc2nc(N3CCCCC3CC)sc21. The summed E-state index contributed by atoms with van der Waals surface area (Å²) in [4.78, 5) is 9.17. The number of fused-ring (bicyclic) bond motifs is 1. The number of thiazole rings is 1. The molecule has 0 bridgehead atoms. The van der Waals surface area contributed by atoms with Gasteiger partial charge in [0.25, 0.3) is 0 Å². The maximum Gasteiger partial charge on any atom is 0.186 e. The van der Waals surface area contributed by atoms with Gasteiger partial charge in [-0.1, -0.05) is 25.2 Å². The number of piperidine rings is 1. The van der Waals surface area contributed by atoms with Crippen LogP contribution in [-0.2, 0) is 6.42 Å². The summed E-state index contributed by atoms with van der Waals surface area (Å²) in [6, 6.07) is 1.28. The van der Waals surface area contributed by atoms with Crippen LogP contribution in [0.3, 0.4) is 0 Å². The van der Waals surface area contributed by atoms with Gasteiger partial charge in [0.1, 0.15) is 0 Å². The Kier molecular flexibility index (Phi) is 5.17. The van der Waals surface area contributed by atoms with E-state index in [1.54, 1.807) is 0 Å². The summed E-state index contributed by atoms with van der Waals surface area (Å²) in [5.41, 5.74) is 1.38. The van der Waals surface area contributed by atoms with Crippen LogP contribution in [0.15, 0.2) is 0 Å². The summed E-state index contributed by atoms with van der Waals surface area (Å²) in [6.07, 6.45) is 10.3. The summed E-state index contributed by atoms with van der Waals surface area (Å²) >= 11 is 1.97. The molecule has 1 N–H and O–H groups in total. The minimum absolute atomic E-state index is 0.560. The highest BCUT2D eigenvalue weighted by Crippen LogP contribution is 2.39. The van der Waals surface area contributed by atoms with Crippen LogP contribution < -0.4 is 10.2 Å². The number of aryl methyl sites for hydroxylation is 1. The molecule has 1 fully saturated rings. The van der Waals surface area contributed by atoms with Gasteiger partial charge in [-0.3, -0.25) is 0 Å². The van der Waals surface area contributed by atoms with Crippen LogP contribution in [0, 0.1) is 0 Å². The highest BCUT2D eigenvalue weighted by molar-refractivity contribution is 7.15. The van der Waals surface area contributed by atoms with Gasteiger partial charge in [-0.2, -0.15) is 0 Å². The molecule has 3 nitrogen and oxygen atoms in total. The van der Waals surface area contributed by atoms with Gasteiger partial charge in [0.15, 0.2) is 5.13 Å². The smallest absolute Gasteiger partial charge is 0.186 e. The van der Waals surface area contributed by atoms with Gasteiger partial charge in [0.2, 0.25) is 0 Å². The van der Waals surface area contributed by atoms with Crippen molar-refractivity contribution in [2.75, 3.05) is 18.0 Å². The van der Waals surface area contributed by atoms with E-state index in [9.17, 15) is 0 Å². The summed E-state index contributed by atoms with van der Waals surface area (Å²) in [5, 5.41) is 5.02. The number of hydrogen-bond acceptors (Lipinski definition) is 4. The van der Waals surface area contributed by atoms with Gasteiger partial charge in [0.05, 0.1) is 5.69 Å². The van der Waals surface area contributed by atoms with Crippen molar-refractivity contribution >= 4 is 16.5 Å². The highest BCUT2D eigenvalue weighted by atomic mass is 32.1. The Morgan fingerprint density at radius 3 is 2.95 bits per heavy atom. The molecule has 118 valence electrons. The summed E-state index contributed by atoms with van der Waals surface area (Å²) in [7, 11) is 0. The quantitative estimate of drug-likeness (QED) is 0.879. The molecule has 2 atom stereocenters. The molecule has 4 heteroatoms. The zero-order valence-corrected chi connectivity index (χ0v) is 14.3. The van der Waals surface area contributed by atoms with Gasteiger partial charge < -0.3 is 10.2 Å². The average Bonchev–Trinajstić information content (AvgIpc) is 2.97. The van der Waals surface area contributed by atoms with Crippen LogP contribution in [0.4, 0.5) is 5.13 Å². The molecule has 2 unspecified atom stereocenters. The van der Waals surface area contributed by atoms with Crippen molar-refractivity contribution in [3.05, 3.63) is 10.6 Å². The molecule has 0 amide bonds. The number of rotatable bonds is 5. The number of nitrogens with one attached hydrogen (secondary N) is 1. The molecular formula is C17H29N3S. The first kappa shape index (κ1) is 15.3. The molecule has 0 radical (unpaired) electrons. The van der Waals surface area contributed by atoms with E-state index in [2.05, 4.69) is 24.1 Å². The largest absolute Gasteiger partial charge is 0.345 e. The Labute approximate surface area is 133 Å². The van der Waals surface area contributed by atoms with E-state index in [-0.39, 0.29) is 0 Å². The molecule has 2 heterocycles. The van der Waals surface area contributed by atoms with E-state index in [0.717, 1.165) is 6.54 Å². The third-order valence-corrected chi connectivity index (χ3v) is 6.17. The Morgan fingerprint density at radius 1 is 1.24 bits per heavy atom. The Morgan fingerprint density at radius 2 is 2.14 bits per heavy atom. The fourth-order valence-corrected chi connectivity index (χ4v) is 5.04. The Hall–Kier alpha value is -0.610. The second kappa shape index (κ2) is 7.10. The van der Waals surface area contributed by atoms with E-state index in [4.69, 9.17) is 4.98 Å². The minimum Gasteiger partial charge on any atom is -0.345 e. The van der Waals surface area contributed by atoms with E-state index in [1.165, 1.54) is 73.6 Å². The predicted octanol–water partition coefficient (Wildman–Crippen LogP) is 4.29. The second-order valence-electron chi connectivity index (χ2n) is 6.46. The van der Waals surface area contributed by atoms with Crippen LogP contribution in [-0.4, -0.2) is 24.1 Å². The summed E-state index contributed by atoms with van der Waals surface area (Å²) in [5.74, 6) is 0. The molecule has 1 aliphatic carbocycles. The van der Waals surface area contributed by atoms with Crippen LogP contribution in [0.1, 0.15) is 75.4 Å². The van der Waals surface area contributed by atoms with E-state index < -0.39 is 0 Å². The normalized spacial score (nSPS) is 25.9. The van der Waals surface area contributed by atoms with Crippen molar-refractivity contribution in [2.45, 2.75) is 77.3 Å². The second-order valence-corrected chi connectivity index (χ2v) is 7.47. The van der Waals surface area contributed by atoms with Gasteiger partial charge >= 0.3 is 0 Å². The van der Waals surface area contributed by atoms with Crippen molar-refractivity contribution in [3.63, 3.8) is 0 Å². The van der Waals surface area contributed by atoms with Gasteiger partial charge in [0, 0.05) is 23.5 Å². The van der Waals surface area contributed by atoms with Crippen molar-refractivity contribution in [1.82, 2.24) is 10.3 Å². The molecule has 0 aromatic carbocycles. The fourth-order valence-electron chi connectivity index (χ4n) is 3.72. The first-order valence-corrected chi connectivity index (χ1v) is 9.64. The summed E-state index contributed by atoms with van der Waals surface area (Å²) < 4.78 is 0. The van der Waals surface area contributed by atoms with Crippen LogP contribution >= 0.6 is 11.3 Å². The number of hydrogen-bond donors (Lipinski definition) is 1. The molecule has 21 heavy (non-hydrogen) atoms.